The lowest BCUT2D eigenvalue weighted by Crippen LogP contribution is -2.48. The Morgan fingerprint density at radius 1 is 1.23 bits per heavy atom. The largest absolute Gasteiger partial charge is 0.458 e. The number of aryl methyl sites for hydroxylation is 1. The SMILES string of the molecule is C=C[C@@H]1CC[C@H]2[C@@H]3CCc4ccccc4[C@H]3C3C[C@]12OC3=O. The maximum Gasteiger partial charge on any atom is 0.310 e. The minimum absolute atomic E-state index is 0.0583. The maximum atomic E-state index is 12.7. The Kier molecular flexibility index (Phi) is 2.49. The second-order valence-corrected chi connectivity index (χ2v) is 7.64. The molecule has 6 atom stereocenters. The van der Waals surface area contributed by atoms with E-state index in [9.17, 15) is 4.79 Å². The predicted molar refractivity (Wildman–Crippen MR) is 84.3 cm³/mol. The Hall–Kier alpha value is -1.57. The number of ether oxygens (including phenoxy) is 1. The van der Waals surface area contributed by atoms with Crippen LogP contribution < -0.4 is 0 Å². The Bertz CT molecular complexity index is 663. The molecular weight excluding hydrogens is 272 g/mol. The summed E-state index contributed by atoms with van der Waals surface area (Å²) >= 11 is 0. The first-order valence-corrected chi connectivity index (χ1v) is 8.68. The molecule has 3 aliphatic carbocycles. The van der Waals surface area contributed by atoms with E-state index in [4.69, 9.17) is 4.74 Å². The average Bonchev–Trinajstić information content (AvgIpc) is 3.05. The summed E-state index contributed by atoms with van der Waals surface area (Å²) in [5, 5.41) is 0. The lowest BCUT2D eigenvalue weighted by molar-refractivity contribution is -0.154. The number of fused-ring (bicyclic) bond motifs is 6. The highest BCUT2D eigenvalue weighted by atomic mass is 16.6. The highest BCUT2D eigenvalue weighted by molar-refractivity contribution is 5.78. The van der Waals surface area contributed by atoms with Crippen molar-refractivity contribution in [2.75, 3.05) is 0 Å². The van der Waals surface area contributed by atoms with Gasteiger partial charge in [0.25, 0.3) is 0 Å². The van der Waals surface area contributed by atoms with Gasteiger partial charge in [-0.3, -0.25) is 4.79 Å². The fraction of sp³-hybridized carbons (Fsp3) is 0.550. The van der Waals surface area contributed by atoms with E-state index in [1.165, 1.54) is 24.0 Å². The summed E-state index contributed by atoms with van der Waals surface area (Å²) < 4.78 is 6.10. The first kappa shape index (κ1) is 12.9. The standard InChI is InChI=1S/C20H22O2/c1-2-13-8-10-17-15-9-7-12-5-3-4-6-14(12)18(15)16-11-20(13,17)22-19(16)21/h2-6,13,15-18H,1,7-11H2/t13-,15+,16?,17+,18-,20+/m1/s1. The van der Waals surface area contributed by atoms with E-state index in [0.29, 0.717) is 23.7 Å². The second kappa shape index (κ2) is 4.24. The van der Waals surface area contributed by atoms with Gasteiger partial charge >= 0.3 is 5.97 Å². The summed E-state index contributed by atoms with van der Waals surface area (Å²) in [6.07, 6.45) is 7.67. The third-order valence-corrected chi connectivity index (χ3v) is 7.03. The number of hydrogen-bond donors (Lipinski definition) is 0. The van der Waals surface area contributed by atoms with Crippen LogP contribution in [0, 0.1) is 23.7 Å². The number of hydrogen-bond acceptors (Lipinski definition) is 2. The Morgan fingerprint density at radius 3 is 2.95 bits per heavy atom. The first-order valence-electron chi connectivity index (χ1n) is 8.68. The van der Waals surface area contributed by atoms with Crippen LogP contribution in [0.25, 0.3) is 0 Å². The van der Waals surface area contributed by atoms with Crippen LogP contribution in [0.5, 0.6) is 0 Å². The molecule has 2 nitrogen and oxygen atoms in total. The predicted octanol–water partition coefficient (Wildman–Crippen LogP) is 3.86. The van der Waals surface area contributed by atoms with E-state index in [1.54, 1.807) is 0 Å². The van der Waals surface area contributed by atoms with Crippen LogP contribution in [0.2, 0.25) is 0 Å². The minimum atomic E-state index is -0.211. The van der Waals surface area contributed by atoms with Crippen molar-refractivity contribution in [2.45, 2.75) is 43.6 Å². The fourth-order valence-corrected chi connectivity index (χ4v) is 6.26. The molecule has 5 rings (SSSR count). The van der Waals surface area contributed by atoms with Crippen LogP contribution in [0.4, 0.5) is 0 Å². The van der Waals surface area contributed by atoms with Crippen LogP contribution in [0.3, 0.4) is 0 Å². The van der Waals surface area contributed by atoms with E-state index < -0.39 is 0 Å². The molecule has 3 fully saturated rings. The molecule has 1 aromatic rings. The van der Waals surface area contributed by atoms with Crippen LogP contribution >= 0.6 is 0 Å². The molecule has 1 aromatic carbocycles. The molecule has 0 N–H and O–H groups in total. The van der Waals surface area contributed by atoms with Gasteiger partial charge in [-0.25, -0.2) is 0 Å². The van der Waals surface area contributed by atoms with Gasteiger partial charge in [0.2, 0.25) is 0 Å². The van der Waals surface area contributed by atoms with Crippen molar-refractivity contribution >= 4 is 5.97 Å². The van der Waals surface area contributed by atoms with E-state index >= 15 is 0 Å². The van der Waals surface area contributed by atoms with Crippen LogP contribution in [-0.4, -0.2) is 11.6 Å². The Morgan fingerprint density at radius 2 is 2.09 bits per heavy atom. The molecule has 22 heavy (non-hydrogen) atoms. The topological polar surface area (TPSA) is 26.3 Å². The first-order chi connectivity index (χ1) is 10.7. The molecule has 1 spiro atoms. The summed E-state index contributed by atoms with van der Waals surface area (Å²) in [6, 6.07) is 8.76. The van der Waals surface area contributed by atoms with E-state index in [0.717, 1.165) is 19.3 Å². The number of carbonyl (C=O) groups is 1. The molecule has 1 saturated heterocycles. The second-order valence-electron chi connectivity index (χ2n) is 7.64. The summed E-state index contributed by atoms with van der Waals surface area (Å²) in [7, 11) is 0. The molecule has 1 unspecified atom stereocenters. The third-order valence-electron chi connectivity index (χ3n) is 7.03. The van der Waals surface area contributed by atoms with Gasteiger partial charge in [-0.05, 0) is 42.7 Å². The van der Waals surface area contributed by atoms with Gasteiger partial charge in [-0.1, -0.05) is 30.3 Å². The monoisotopic (exact) mass is 294 g/mol. The van der Waals surface area contributed by atoms with Gasteiger partial charge in [0.15, 0.2) is 0 Å². The summed E-state index contributed by atoms with van der Waals surface area (Å²) in [5.41, 5.74) is 2.67. The summed E-state index contributed by atoms with van der Waals surface area (Å²) in [4.78, 5) is 12.7. The third kappa shape index (κ3) is 1.39. The Labute approximate surface area is 131 Å². The molecule has 1 aliphatic heterocycles. The molecule has 0 aromatic heterocycles. The molecule has 0 amide bonds. The van der Waals surface area contributed by atoms with Gasteiger partial charge in [0, 0.05) is 24.2 Å². The van der Waals surface area contributed by atoms with Gasteiger partial charge in [-0.15, -0.1) is 6.58 Å². The number of benzene rings is 1. The normalized spacial score (nSPS) is 44.7. The summed E-state index contributed by atoms with van der Waals surface area (Å²) in [6.45, 7) is 4.02. The van der Waals surface area contributed by atoms with Crippen molar-refractivity contribution in [3.8, 4) is 0 Å². The molecule has 1 heterocycles. The van der Waals surface area contributed by atoms with Crippen LogP contribution in [-0.2, 0) is 16.0 Å². The van der Waals surface area contributed by atoms with Crippen LogP contribution in [0.15, 0.2) is 36.9 Å². The summed E-state index contributed by atoms with van der Waals surface area (Å²) in [5.74, 6) is 2.04. The minimum Gasteiger partial charge on any atom is -0.458 e. The smallest absolute Gasteiger partial charge is 0.310 e. The van der Waals surface area contributed by atoms with Crippen molar-refractivity contribution in [3.05, 3.63) is 48.0 Å². The maximum absolute atomic E-state index is 12.7. The number of carbonyl (C=O) groups excluding carboxylic acids is 1. The van der Waals surface area contributed by atoms with Crippen molar-refractivity contribution < 1.29 is 9.53 Å². The molecule has 4 aliphatic rings. The van der Waals surface area contributed by atoms with E-state index in [-0.39, 0.29) is 17.5 Å². The van der Waals surface area contributed by atoms with Gasteiger partial charge in [0.1, 0.15) is 5.60 Å². The zero-order valence-corrected chi connectivity index (χ0v) is 12.8. The Balaban J connectivity index is 1.66. The lowest BCUT2D eigenvalue weighted by atomic mass is 9.56. The van der Waals surface area contributed by atoms with Crippen molar-refractivity contribution in [3.63, 3.8) is 0 Å². The molecule has 2 heteroatoms. The van der Waals surface area contributed by atoms with E-state index in [2.05, 4.69) is 30.8 Å². The number of esters is 1. The van der Waals surface area contributed by atoms with Crippen molar-refractivity contribution in [2.24, 2.45) is 23.7 Å². The van der Waals surface area contributed by atoms with Crippen molar-refractivity contribution in [1.29, 1.82) is 0 Å². The molecule has 0 radical (unpaired) electrons. The highest BCUT2D eigenvalue weighted by Crippen LogP contribution is 2.65. The van der Waals surface area contributed by atoms with Gasteiger partial charge in [0.05, 0.1) is 5.92 Å². The van der Waals surface area contributed by atoms with Gasteiger partial charge in [-0.2, -0.15) is 0 Å². The van der Waals surface area contributed by atoms with E-state index in [1.807, 2.05) is 6.08 Å². The zero-order chi connectivity index (χ0) is 14.9. The number of rotatable bonds is 1. The lowest BCUT2D eigenvalue weighted by Gasteiger charge is -2.47. The molecule has 2 bridgehead atoms. The van der Waals surface area contributed by atoms with Crippen molar-refractivity contribution in [1.82, 2.24) is 0 Å². The molecule has 114 valence electrons. The average molecular weight is 294 g/mol. The zero-order valence-electron chi connectivity index (χ0n) is 12.8. The fourth-order valence-electron chi connectivity index (χ4n) is 6.26. The highest BCUT2D eigenvalue weighted by Gasteiger charge is 2.67. The molecule has 2 saturated carbocycles. The quantitative estimate of drug-likeness (QED) is 0.581. The van der Waals surface area contributed by atoms with Gasteiger partial charge < -0.3 is 4.74 Å². The molecular formula is C20H22O2. The van der Waals surface area contributed by atoms with Crippen LogP contribution in [0.1, 0.15) is 42.7 Å².